The number of anilines is 1. The van der Waals surface area contributed by atoms with Crippen LogP contribution in [-0.4, -0.2) is 35.1 Å². The molecule has 0 bridgehead atoms. The van der Waals surface area contributed by atoms with Gasteiger partial charge in [-0.25, -0.2) is 9.78 Å². The molecule has 0 aliphatic carbocycles. The van der Waals surface area contributed by atoms with Gasteiger partial charge in [0.2, 0.25) is 5.91 Å². The second kappa shape index (κ2) is 8.14. The third kappa shape index (κ3) is 5.26. The molecule has 6 heteroatoms. The summed E-state index contributed by atoms with van der Waals surface area (Å²) in [5.74, 6) is -0.713. The molecule has 1 rings (SSSR count). The van der Waals surface area contributed by atoms with Crippen LogP contribution in [0.15, 0.2) is 12.1 Å². The summed E-state index contributed by atoms with van der Waals surface area (Å²) in [6, 6.07) is 3.00. The third-order valence-electron chi connectivity index (χ3n) is 2.63. The van der Waals surface area contributed by atoms with Gasteiger partial charge in [0.25, 0.3) is 0 Å². The van der Waals surface area contributed by atoms with Crippen molar-refractivity contribution in [3.05, 3.63) is 23.4 Å². The molecule has 0 unspecified atom stereocenters. The topological polar surface area (TPSA) is 91.3 Å². The Labute approximate surface area is 118 Å². The van der Waals surface area contributed by atoms with Crippen molar-refractivity contribution in [2.24, 2.45) is 0 Å². The molecule has 1 amide bonds. The van der Waals surface area contributed by atoms with Crippen LogP contribution in [0.3, 0.4) is 0 Å². The molecule has 0 atom stereocenters. The van der Waals surface area contributed by atoms with Crippen molar-refractivity contribution in [3.63, 3.8) is 0 Å². The lowest BCUT2D eigenvalue weighted by atomic mass is 10.1. The van der Waals surface area contributed by atoms with Crippen LogP contribution in [0.25, 0.3) is 0 Å². The Morgan fingerprint density at radius 1 is 1.25 bits per heavy atom. The van der Waals surface area contributed by atoms with Gasteiger partial charge in [0.15, 0.2) is 0 Å². The predicted octanol–water partition coefficient (Wildman–Crippen LogP) is 1.67. The number of carboxylic acids is 1. The Bertz CT molecular complexity index is 475. The summed E-state index contributed by atoms with van der Waals surface area (Å²) < 4.78 is 0. The molecule has 0 fully saturated rings. The van der Waals surface area contributed by atoms with E-state index in [1.54, 1.807) is 6.07 Å². The van der Waals surface area contributed by atoms with Crippen molar-refractivity contribution in [3.8, 4) is 0 Å². The summed E-state index contributed by atoms with van der Waals surface area (Å²) in [4.78, 5) is 26.8. The molecule has 0 aliphatic heterocycles. The van der Waals surface area contributed by atoms with Crippen molar-refractivity contribution >= 4 is 17.7 Å². The molecule has 1 aromatic rings. The summed E-state index contributed by atoms with van der Waals surface area (Å²) >= 11 is 0. The average molecular weight is 279 g/mol. The first-order valence-electron chi connectivity index (χ1n) is 6.81. The minimum Gasteiger partial charge on any atom is -0.478 e. The van der Waals surface area contributed by atoms with Gasteiger partial charge in [-0.15, -0.1) is 0 Å². The number of hydrogen-bond acceptors (Lipinski definition) is 4. The lowest BCUT2D eigenvalue weighted by Crippen LogP contribution is -2.30. The first-order valence-corrected chi connectivity index (χ1v) is 6.81. The van der Waals surface area contributed by atoms with Crippen LogP contribution < -0.4 is 10.6 Å². The van der Waals surface area contributed by atoms with Crippen molar-refractivity contribution in [2.75, 3.05) is 18.4 Å². The number of hydrogen-bond donors (Lipinski definition) is 3. The van der Waals surface area contributed by atoms with Crippen molar-refractivity contribution < 1.29 is 14.7 Å². The maximum atomic E-state index is 11.5. The number of aromatic carboxylic acids is 1. The number of rotatable bonds is 8. The summed E-state index contributed by atoms with van der Waals surface area (Å²) in [5.41, 5.74) is 0.892. The van der Waals surface area contributed by atoms with E-state index in [1.165, 1.54) is 6.07 Å². The van der Waals surface area contributed by atoms with Gasteiger partial charge < -0.3 is 15.7 Å². The molecule has 0 spiro atoms. The molecule has 3 N–H and O–H groups in total. The van der Waals surface area contributed by atoms with E-state index in [0.717, 1.165) is 12.8 Å². The maximum absolute atomic E-state index is 11.5. The second-order valence-electron chi connectivity index (χ2n) is 4.49. The number of amides is 1. The molecule has 0 saturated carbocycles. The Morgan fingerprint density at radius 3 is 2.60 bits per heavy atom. The normalized spacial score (nSPS) is 10.1. The van der Waals surface area contributed by atoms with E-state index in [2.05, 4.69) is 15.6 Å². The first kappa shape index (κ1) is 15.9. The Morgan fingerprint density at radius 2 is 2.00 bits per heavy atom. The van der Waals surface area contributed by atoms with Crippen LogP contribution in [0.4, 0.5) is 5.82 Å². The van der Waals surface area contributed by atoms with E-state index < -0.39 is 5.97 Å². The van der Waals surface area contributed by atoms with E-state index in [4.69, 9.17) is 5.11 Å². The van der Waals surface area contributed by atoms with Crippen LogP contribution in [0.5, 0.6) is 0 Å². The third-order valence-corrected chi connectivity index (χ3v) is 2.63. The van der Waals surface area contributed by atoms with Gasteiger partial charge in [-0.2, -0.15) is 0 Å². The SMILES string of the molecule is CCCNC(=O)CNc1cc(C(=O)O)cc(CCC)n1. The van der Waals surface area contributed by atoms with Crippen LogP contribution in [-0.2, 0) is 11.2 Å². The zero-order valence-corrected chi connectivity index (χ0v) is 11.9. The number of nitrogens with one attached hydrogen (secondary N) is 2. The molecule has 1 aromatic heterocycles. The van der Waals surface area contributed by atoms with E-state index in [1.807, 2.05) is 13.8 Å². The maximum Gasteiger partial charge on any atom is 0.335 e. The molecular weight excluding hydrogens is 258 g/mol. The van der Waals surface area contributed by atoms with Crippen molar-refractivity contribution in [1.82, 2.24) is 10.3 Å². The van der Waals surface area contributed by atoms with E-state index >= 15 is 0 Å². The number of aryl methyl sites for hydroxylation is 1. The summed E-state index contributed by atoms with van der Waals surface area (Å²) in [5, 5.41) is 14.7. The monoisotopic (exact) mass is 279 g/mol. The average Bonchev–Trinajstić information content (AvgIpc) is 2.43. The van der Waals surface area contributed by atoms with Crippen molar-refractivity contribution in [1.29, 1.82) is 0 Å². The molecule has 6 nitrogen and oxygen atoms in total. The van der Waals surface area contributed by atoms with Crippen LogP contribution in [0.1, 0.15) is 42.7 Å². The molecule has 0 radical (unpaired) electrons. The smallest absolute Gasteiger partial charge is 0.335 e. The summed E-state index contributed by atoms with van der Waals surface area (Å²) in [6.45, 7) is 4.69. The highest BCUT2D eigenvalue weighted by molar-refractivity contribution is 5.89. The van der Waals surface area contributed by atoms with Crippen LogP contribution >= 0.6 is 0 Å². The van der Waals surface area contributed by atoms with Crippen LogP contribution in [0.2, 0.25) is 0 Å². The highest BCUT2D eigenvalue weighted by Crippen LogP contribution is 2.12. The fourth-order valence-electron chi connectivity index (χ4n) is 1.68. The van der Waals surface area contributed by atoms with Gasteiger partial charge in [0.05, 0.1) is 12.1 Å². The van der Waals surface area contributed by atoms with E-state index in [9.17, 15) is 9.59 Å². The van der Waals surface area contributed by atoms with Gasteiger partial charge in [0, 0.05) is 12.2 Å². The van der Waals surface area contributed by atoms with Gasteiger partial charge in [-0.3, -0.25) is 4.79 Å². The number of nitrogens with zero attached hydrogens (tertiary/aromatic N) is 1. The number of pyridine rings is 1. The van der Waals surface area contributed by atoms with Gasteiger partial charge in [0.1, 0.15) is 5.82 Å². The molecule has 0 saturated heterocycles. The van der Waals surface area contributed by atoms with Gasteiger partial charge in [-0.05, 0) is 25.0 Å². The fourth-order valence-corrected chi connectivity index (χ4v) is 1.68. The molecule has 20 heavy (non-hydrogen) atoms. The van der Waals surface area contributed by atoms with Gasteiger partial charge in [-0.1, -0.05) is 20.3 Å². The highest BCUT2D eigenvalue weighted by Gasteiger charge is 2.09. The largest absolute Gasteiger partial charge is 0.478 e. The predicted molar refractivity (Wildman–Crippen MR) is 77.0 cm³/mol. The quantitative estimate of drug-likeness (QED) is 0.673. The number of carbonyl (C=O) groups is 2. The molecule has 110 valence electrons. The second-order valence-corrected chi connectivity index (χ2v) is 4.49. The Hall–Kier alpha value is -2.11. The van der Waals surface area contributed by atoms with Gasteiger partial charge >= 0.3 is 5.97 Å². The zero-order valence-electron chi connectivity index (χ0n) is 11.9. The zero-order chi connectivity index (χ0) is 15.0. The van der Waals surface area contributed by atoms with Crippen molar-refractivity contribution in [2.45, 2.75) is 33.1 Å². The number of carboxylic acid groups (broad SMARTS) is 1. The van der Waals surface area contributed by atoms with Crippen LogP contribution in [0, 0.1) is 0 Å². The summed E-state index contributed by atoms with van der Waals surface area (Å²) in [6.07, 6.45) is 2.46. The first-order chi connectivity index (χ1) is 9.56. The lowest BCUT2D eigenvalue weighted by molar-refractivity contribution is -0.119. The standard InChI is InChI=1S/C14H21N3O3/c1-3-5-11-7-10(14(19)20)8-12(17-11)16-9-13(18)15-6-4-2/h7-8H,3-6,9H2,1-2H3,(H,15,18)(H,16,17)(H,19,20). The Balaban J connectivity index is 2.73. The highest BCUT2D eigenvalue weighted by atomic mass is 16.4. The molecule has 1 heterocycles. The molecule has 0 aromatic carbocycles. The number of aromatic nitrogens is 1. The fraction of sp³-hybridized carbons (Fsp3) is 0.500. The number of carbonyl (C=O) groups excluding carboxylic acids is 1. The minimum atomic E-state index is -0.997. The van der Waals surface area contributed by atoms with E-state index in [0.29, 0.717) is 24.5 Å². The lowest BCUT2D eigenvalue weighted by Gasteiger charge is -2.09. The summed E-state index contributed by atoms with van der Waals surface area (Å²) in [7, 11) is 0. The molecule has 0 aliphatic rings. The van der Waals surface area contributed by atoms with E-state index in [-0.39, 0.29) is 18.0 Å². The Kier molecular flexibility index (Phi) is 6.49. The minimum absolute atomic E-state index is 0.0850. The molecular formula is C14H21N3O3.